The third-order valence-corrected chi connectivity index (χ3v) is 4.01. The molecule has 0 amide bonds. The van der Waals surface area contributed by atoms with E-state index in [9.17, 15) is 5.11 Å². The van der Waals surface area contributed by atoms with Crippen LogP contribution >= 0.6 is 11.6 Å². The zero-order valence-electron chi connectivity index (χ0n) is 10.6. The van der Waals surface area contributed by atoms with Crippen molar-refractivity contribution in [2.75, 3.05) is 0 Å². The van der Waals surface area contributed by atoms with E-state index in [0.717, 1.165) is 18.4 Å². The highest BCUT2D eigenvalue weighted by Crippen LogP contribution is 2.27. The smallest absolute Gasteiger partial charge is 0.138 e. The van der Waals surface area contributed by atoms with Gasteiger partial charge in [0, 0.05) is 18.2 Å². The summed E-state index contributed by atoms with van der Waals surface area (Å²) in [6.45, 7) is 0.644. The molecule has 3 heteroatoms. The molecule has 0 bridgehead atoms. The minimum absolute atomic E-state index is 0.187. The van der Waals surface area contributed by atoms with Gasteiger partial charge in [-0.25, -0.2) is 0 Å². The molecule has 0 saturated heterocycles. The molecule has 1 aliphatic carbocycles. The van der Waals surface area contributed by atoms with Gasteiger partial charge in [0.05, 0.1) is 5.02 Å². The third kappa shape index (κ3) is 2.60. The van der Waals surface area contributed by atoms with Crippen LogP contribution in [-0.2, 0) is 19.4 Å². The van der Waals surface area contributed by atoms with E-state index in [1.54, 1.807) is 6.07 Å². The van der Waals surface area contributed by atoms with Gasteiger partial charge in [0.25, 0.3) is 0 Å². The van der Waals surface area contributed by atoms with Gasteiger partial charge in [-0.1, -0.05) is 48.0 Å². The first-order chi connectivity index (χ1) is 9.24. The van der Waals surface area contributed by atoms with E-state index < -0.39 is 0 Å². The minimum Gasteiger partial charge on any atom is -0.506 e. The molecule has 0 heterocycles. The van der Waals surface area contributed by atoms with Gasteiger partial charge in [-0.05, 0) is 30.0 Å². The first-order valence-corrected chi connectivity index (χ1v) is 6.88. The Hall–Kier alpha value is -1.51. The SMILES string of the molecule is Oc1c(Cl)cccc1CNC1Cc2ccccc2C1. The first kappa shape index (κ1) is 12.5. The second kappa shape index (κ2) is 5.24. The van der Waals surface area contributed by atoms with Gasteiger partial charge in [0.2, 0.25) is 0 Å². The van der Waals surface area contributed by atoms with Crippen molar-refractivity contribution in [3.05, 3.63) is 64.2 Å². The van der Waals surface area contributed by atoms with Crippen molar-refractivity contribution in [1.29, 1.82) is 0 Å². The van der Waals surface area contributed by atoms with Gasteiger partial charge in [-0.2, -0.15) is 0 Å². The highest BCUT2D eigenvalue weighted by atomic mass is 35.5. The minimum atomic E-state index is 0.187. The fourth-order valence-corrected chi connectivity index (χ4v) is 2.85. The van der Waals surface area contributed by atoms with E-state index in [1.165, 1.54) is 11.1 Å². The predicted molar refractivity (Wildman–Crippen MR) is 77.6 cm³/mol. The van der Waals surface area contributed by atoms with Crippen LogP contribution < -0.4 is 5.32 Å². The fraction of sp³-hybridized carbons (Fsp3) is 0.250. The van der Waals surface area contributed by atoms with Crippen LogP contribution in [0.5, 0.6) is 5.75 Å². The lowest BCUT2D eigenvalue weighted by molar-refractivity contribution is 0.457. The molecule has 2 aromatic rings. The van der Waals surface area contributed by atoms with Crippen LogP contribution in [0.3, 0.4) is 0 Å². The summed E-state index contributed by atoms with van der Waals surface area (Å²) < 4.78 is 0. The number of nitrogens with one attached hydrogen (secondary N) is 1. The maximum atomic E-state index is 9.87. The summed E-state index contributed by atoms with van der Waals surface area (Å²) in [5.74, 6) is 0.187. The Balaban J connectivity index is 1.64. The predicted octanol–water partition coefficient (Wildman–Crippen LogP) is 3.30. The molecule has 98 valence electrons. The molecule has 2 aromatic carbocycles. The molecular formula is C16H16ClNO. The van der Waals surface area contributed by atoms with Crippen molar-refractivity contribution >= 4 is 11.6 Å². The Morgan fingerprint density at radius 1 is 1.05 bits per heavy atom. The summed E-state index contributed by atoms with van der Waals surface area (Å²) in [6.07, 6.45) is 2.11. The van der Waals surface area contributed by atoms with E-state index in [4.69, 9.17) is 11.6 Å². The lowest BCUT2D eigenvalue weighted by atomic mass is 10.1. The monoisotopic (exact) mass is 273 g/mol. The zero-order valence-corrected chi connectivity index (χ0v) is 11.3. The summed E-state index contributed by atoms with van der Waals surface area (Å²) in [4.78, 5) is 0. The molecule has 3 rings (SSSR count). The fourth-order valence-electron chi connectivity index (χ4n) is 2.66. The van der Waals surface area contributed by atoms with E-state index in [0.29, 0.717) is 17.6 Å². The normalized spacial score (nSPS) is 14.6. The third-order valence-electron chi connectivity index (χ3n) is 3.70. The van der Waals surface area contributed by atoms with Crippen LogP contribution in [0, 0.1) is 0 Å². The standard InChI is InChI=1S/C16H16ClNO/c17-15-7-3-6-13(16(15)19)10-18-14-8-11-4-1-2-5-12(11)9-14/h1-7,14,18-19H,8-10H2. The Bertz CT molecular complexity index is 572. The van der Waals surface area contributed by atoms with Gasteiger partial charge < -0.3 is 10.4 Å². The molecule has 0 fully saturated rings. The van der Waals surface area contributed by atoms with Gasteiger partial charge >= 0.3 is 0 Å². The highest BCUT2D eigenvalue weighted by Gasteiger charge is 2.20. The van der Waals surface area contributed by atoms with E-state index in [1.807, 2.05) is 12.1 Å². The average Bonchev–Trinajstić information content (AvgIpc) is 2.83. The van der Waals surface area contributed by atoms with Crippen molar-refractivity contribution in [3.63, 3.8) is 0 Å². The maximum absolute atomic E-state index is 9.87. The van der Waals surface area contributed by atoms with Crippen LogP contribution in [0.15, 0.2) is 42.5 Å². The lowest BCUT2D eigenvalue weighted by Gasteiger charge is -2.13. The lowest BCUT2D eigenvalue weighted by Crippen LogP contribution is -2.28. The summed E-state index contributed by atoms with van der Waals surface area (Å²) in [6, 6.07) is 14.5. The molecule has 19 heavy (non-hydrogen) atoms. The number of halogens is 1. The number of phenols is 1. The largest absolute Gasteiger partial charge is 0.506 e. The molecule has 0 radical (unpaired) electrons. The van der Waals surface area contributed by atoms with E-state index in [-0.39, 0.29) is 5.75 Å². The summed E-state index contributed by atoms with van der Waals surface area (Å²) in [5.41, 5.74) is 3.70. The summed E-state index contributed by atoms with van der Waals surface area (Å²) >= 11 is 5.90. The van der Waals surface area contributed by atoms with Gasteiger partial charge in [-0.15, -0.1) is 0 Å². The van der Waals surface area contributed by atoms with Gasteiger partial charge in [-0.3, -0.25) is 0 Å². The van der Waals surface area contributed by atoms with Crippen molar-refractivity contribution < 1.29 is 5.11 Å². The average molecular weight is 274 g/mol. The highest BCUT2D eigenvalue weighted by molar-refractivity contribution is 6.32. The topological polar surface area (TPSA) is 32.3 Å². The van der Waals surface area contributed by atoms with Crippen molar-refractivity contribution in [2.45, 2.75) is 25.4 Å². The molecule has 0 aromatic heterocycles. The van der Waals surface area contributed by atoms with Crippen molar-refractivity contribution in [2.24, 2.45) is 0 Å². The Kier molecular flexibility index (Phi) is 3.45. The first-order valence-electron chi connectivity index (χ1n) is 6.50. The second-order valence-corrected chi connectivity index (χ2v) is 5.41. The quantitative estimate of drug-likeness (QED) is 0.899. The summed E-state index contributed by atoms with van der Waals surface area (Å²) in [7, 11) is 0. The van der Waals surface area contributed by atoms with Crippen LogP contribution in [-0.4, -0.2) is 11.1 Å². The molecule has 0 spiro atoms. The molecule has 1 aliphatic rings. The van der Waals surface area contributed by atoms with E-state index in [2.05, 4.69) is 29.6 Å². The zero-order chi connectivity index (χ0) is 13.2. The molecule has 0 atom stereocenters. The van der Waals surface area contributed by atoms with Gasteiger partial charge in [0.15, 0.2) is 0 Å². The molecular weight excluding hydrogens is 258 g/mol. The van der Waals surface area contributed by atoms with Crippen LogP contribution in [0.1, 0.15) is 16.7 Å². The molecule has 2 N–H and O–H groups in total. The molecule has 0 aliphatic heterocycles. The van der Waals surface area contributed by atoms with Crippen molar-refractivity contribution in [3.8, 4) is 5.75 Å². The number of aromatic hydroxyl groups is 1. The Morgan fingerprint density at radius 3 is 2.42 bits per heavy atom. The molecule has 0 unspecified atom stereocenters. The Labute approximate surface area is 118 Å². The number of para-hydroxylation sites is 1. The van der Waals surface area contributed by atoms with Crippen molar-refractivity contribution in [1.82, 2.24) is 5.32 Å². The van der Waals surface area contributed by atoms with Gasteiger partial charge in [0.1, 0.15) is 5.75 Å². The number of hydrogen-bond acceptors (Lipinski definition) is 2. The van der Waals surface area contributed by atoms with Crippen LogP contribution in [0.25, 0.3) is 0 Å². The summed E-state index contributed by atoms with van der Waals surface area (Å²) in [5, 5.41) is 13.8. The molecule has 2 nitrogen and oxygen atoms in total. The Morgan fingerprint density at radius 2 is 1.74 bits per heavy atom. The maximum Gasteiger partial charge on any atom is 0.138 e. The number of rotatable bonds is 3. The van der Waals surface area contributed by atoms with Crippen LogP contribution in [0.2, 0.25) is 5.02 Å². The number of phenolic OH excluding ortho intramolecular Hbond substituents is 1. The van der Waals surface area contributed by atoms with Crippen LogP contribution in [0.4, 0.5) is 0 Å². The number of fused-ring (bicyclic) bond motifs is 1. The number of benzene rings is 2. The second-order valence-electron chi connectivity index (χ2n) is 5.00. The van der Waals surface area contributed by atoms with E-state index >= 15 is 0 Å². The number of hydrogen-bond donors (Lipinski definition) is 2. The molecule has 0 saturated carbocycles.